The van der Waals surface area contributed by atoms with Crippen molar-refractivity contribution in [3.63, 3.8) is 0 Å². The number of carbonyl (C=O) groups excluding carboxylic acids is 1. The molecule has 0 fully saturated rings. The third-order valence-corrected chi connectivity index (χ3v) is 6.84. The lowest BCUT2D eigenvalue weighted by molar-refractivity contribution is 0.0946. The summed E-state index contributed by atoms with van der Waals surface area (Å²) in [5.41, 5.74) is 3.25. The fraction of sp³-hybridized carbons (Fsp3) is 0.0833. The molecule has 4 heterocycles. The third kappa shape index (κ3) is 5.03. The SMILES string of the molecule is O=C(NCc1cccnc1)c1csc(CSc2nnc(-c3ccncc3)n2-c2ccccc2)n1. The Morgan fingerprint density at radius 1 is 0.971 bits per heavy atom. The number of nitrogens with one attached hydrogen (secondary N) is 1. The molecule has 0 radical (unpaired) electrons. The van der Waals surface area contributed by atoms with Gasteiger partial charge in [-0.25, -0.2) is 4.98 Å². The molecule has 0 saturated heterocycles. The molecule has 1 amide bonds. The van der Waals surface area contributed by atoms with Crippen molar-refractivity contribution < 1.29 is 4.79 Å². The van der Waals surface area contributed by atoms with Gasteiger partial charge in [-0.15, -0.1) is 21.5 Å². The van der Waals surface area contributed by atoms with Crippen molar-refractivity contribution in [3.8, 4) is 17.1 Å². The van der Waals surface area contributed by atoms with Crippen LogP contribution in [0.4, 0.5) is 0 Å². The Balaban J connectivity index is 1.31. The maximum atomic E-state index is 12.5. The first-order chi connectivity index (χ1) is 16.8. The summed E-state index contributed by atoms with van der Waals surface area (Å²) in [7, 11) is 0. The second-order valence-electron chi connectivity index (χ2n) is 7.17. The lowest BCUT2D eigenvalue weighted by atomic mass is 10.2. The Bertz CT molecular complexity index is 1370. The van der Waals surface area contributed by atoms with E-state index in [2.05, 4.69) is 30.5 Å². The van der Waals surface area contributed by atoms with Crippen molar-refractivity contribution >= 4 is 29.0 Å². The van der Waals surface area contributed by atoms with Gasteiger partial charge >= 0.3 is 0 Å². The average molecular weight is 486 g/mol. The minimum Gasteiger partial charge on any atom is -0.347 e. The minimum atomic E-state index is -0.205. The molecule has 8 nitrogen and oxygen atoms in total. The van der Waals surface area contributed by atoms with Gasteiger partial charge in [0.15, 0.2) is 11.0 Å². The summed E-state index contributed by atoms with van der Waals surface area (Å²) in [5.74, 6) is 1.11. The van der Waals surface area contributed by atoms with E-state index in [9.17, 15) is 4.79 Å². The quantitative estimate of drug-likeness (QED) is 0.325. The predicted octanol–water partition coefficient (Wildman–Crippen LogP) is 4.40. The summed E-state index contributed by atoms with van der Waals surface area (Å²) in [6, 6.07) is 17.6. The number of benzene rings is 1. The Hall–Kier alpha value is -3.89. The number of hydrogen-bond donors (Lipinski definition) is 1. The van der Waals surface area contributed by atoms with E-state index in [0.717, 1.165) is 32.8 Å². The summed E-state index contributed by atoms with van der Waals surface area (Å²) in [4.78, 5) is 25.1. The molecule has 1 aromatic carbocycles. The minimum absolute atomic E-state index is 0.205. The van der Waals surface area contributed by atoms with Crippen molar-refractivity contribution in [2.24, 2.45) is 0 Å². The lowest BCUT2D eigenvalue weighted by Gasteiger charge is -2.09. The number of aromatic nitrogens is 6. The van der Waals surface area contributed by atoms with Crippen LogP contribution in [0.15, 0.2) is 89.9 Å². The summed E-state index contributed by atoms with van der Waals surface area (Å²) in [5, 5.41) is 15.1. The van der Waals surface area contributed by atoms with Crippen LogP contribution in [0.3, 0.4) is 0 Å². The zero-order valence-electron chi connectivity index (χ0n) is 17.9. The molecular formula is C24H19N7OS2. The third-order valence-electron chi connectivity index (χ3n) is 4.87. The second kappa shape index (κ2) is 10.4. The molecule has 4 aromatic heterocycles. The zero-order valence-corrected chi connectivity index (χ0v) is 19.5. The van der Waals surface area contributed by atoms with E-state index in [4.69, 9.17) is 0 Å². The van der Waals surface area contributed by atoms with Gasteiger partial charge in [-0.2, -0.15) is 0 Å². The number of amides is 1. The first kappa shape index (κ1) is 21.9. The van der Waals surface area contributed by atoms with Crippen LogP contribution in [0.25, 0.3) is 17.1 Å². The van der Waals surface area contributed by atoms with Crippen molar-refractivity contribution in [3.05, 3.63) is 101 Å². The molecule has 5 aromatic rings. The Labute approximate surface area is 204 Å². The van der Waals surface area contributed by atoms with E-state index >= 15 is 0 Å². The molecule has 1 N–H and O–H groups in total. The molecule has 0 spiro atoms. The number of pyridine rings is 2. The maximum absolute atomic E-state index is 12.5. The molecule has 0 aliphatic rings. The highest BCUT2D eigenvalue weighted by molar-refractivity contribution is 7.98. The van der Waals surface area contributed by atoms with Gasteiger partial charge in [0.2, 0.25) is 0 Å². The van der Waals surface area contributed by atoms with E-state index in [1.54, 1.807) is 30.2 Å². The van der Waals surface area contributed by atoms with Crippen molar-refractivity contribution in [2.75, 3.05) is 0 Å². The van der Waals surface area contributed by atoms with Gasteiger partial charge in [0.1, 0.15) is 10.7 Å². The van der Waals surface area contributed by atoms with Crippen molar-refractivity contribution in [1.29, 1.82) is 0 Å². The fourth-order valence-corrected chi connectivity index (χ4v) is 4.99. The number of nitrogens with zero attached hydrogens (tertiary/aromatic N) is 6. The van der Waals surface area contributed by atoms with Crippen LogP contribution in [0.1, 0.15) is 21.1 Å². The monoisotopic (exact) mass is 485 g/mol. The largest absolute Gasteiger partial charge is 0.347 e. The van der Waals surface area contributed by atoms with E-state index in [-0.39, 0.29) is 5.91 Å². The van der Waals surface area contributed by atoms with E-state index in [1.807, 2.05) is 59.2 Å². The Morgan fingerprint density at radius 2 is 1.82 bits per heavy atom. The number of carbonyl (C=O) groups is 1. The van der Waals surface area contributed by atoms with E-state index < -0.39 is 0 Å². The molecule has 0 saturated carbocycles. The molecule has 34 heavy (non-hydrogen) atoms. The Morgan fingerprint density at radius 3 is 2.62 bits per heavy atom. The van der Waals surface area contributed by atoms with Gasteiger partial charge in [-0.1, -0.05) is 36.0 Å². The smallest absolute Gasteiger partial charge is 0.271 e. The van der Waals surface area contributed by atoms with Gasteiger partial charge in [-0.3, -0.25) is 19.3 Å². The zero-order chi connectivity index (χ0) is 23.2. The van der Waals surface area contributed by atoms with E-state index in [1.165, 1.54) is 23.1 Å². The van der Waals surface area contributed by atoms with Crippen LogP contribution in [-0.2, 0) is 12.3 Å². The van der Waals surface area contributed by atoms with Crippen molar-refractivity contribution in [1.82, 2.24) is 35.0 Å². The molecule has 0 aliphatic carbocycles. The molecule has 0 unspecified atom stereocenters. The fourth-order valence-electron chi connectivity index (χ4n) is 3.24. The van der Waals surface area contributed by atoms with Crippen LogP contribution in [-0.4, -0.2) is 35.6 Å². The molecular weight excluding hydrogens is 466 g/mol. The van der Waals surface area contributed by atoms with Crippen LogP contribution in [0, 0.1) is 0 Å². The summed E-state index contributed by atoms with van der Waals surface area (Å²) >= 11 is 2.98. The number of hydrogen-bond acceptors (Lipinski definition) is 8. The summed E-state index contributed by atoms with van der Waals surface area (Å²) in [6.45, 7) is 0.409. The first-order valence-corrected chi connectivity index (χ1v) is 12.3. The maximum Gasteiger partial charge on any atom is 0.271 e. The van der Waals surface area contributed by atoms with Gasteiger partial charge in [0.05, 0.1) is 5.75 Å². The first-order valence-electron chi connectivity index (χ1n) is 10.4. The molecule has 10 heteroatoms. The van der Waals surface area contributed by atoms with Crippen LogP contribution >= 0.6 is 23.1 Å². The standard InChI is InChI=1S/C24H19N7OS2/c32-23(27-14-17-5-4-10-26-13-17)20-15-33-21(28-20)16-34-24-30-29-22(18-8-11-25-12-9-18)31(24)19-6-2-1-3-7-19/h1-13,15H,14,16H2,(H,27,32). The van der Waals surface area contributed by atoms with Crippen molar-refractivity contribution in [2.45, 2.75) is 17.5 Å². The number of rotatable bonds is 8. The molecule has 168 valence electrons. The summed E-state index contributed by atoms with van der Waals surface area (Å²) in [6.07, 6.45) is 6.91. The average Bonchev–Trinajstić information content (AvgIpc) is 3.55. The number of thioether (sulfide) groups is 1. The normalized spacial score (nSPS) is 10.8. The van der Waals surface area contributed by atoms with Crippen LogP contribution < -0.4 is 5.32 Å². The molecule has 5 rings (SSSR count). The second-order valence-corrected chi connectivity index (χ2v) is 9.06. The topological polar surface area (TPSA) is 98.5 Å². The van der Waals surface area contributed by atoms with Gasteiger partial charge < -0.3 is 5.32 Å². The van der Waals surface area contributed by atoms with Gasteiger partial charge in [-0.05, 0) is 35.9 Å². The molecule has 0 atom stereocenters. The predicted molar refractivity (Wildman–Crippen MR) is 132 cm³/mol. The van der Waals surface area contributed by atoms with E-state index in [0.29, 0.717) is 18.0 Å². The molecule has 0 bridgehead atoms. The molecule has 0 aliphatic heterocycles. The number of thiazole rings is 1. The van der Waals surface area contributed by atoms with Gasteiger partial charge in [0.25, 0.3) is 5.91 Å². The summed E-state index contributed by atoms with van der Waals surface area (Å²) < 4.78 is 2.02. The highest BCUT2D eigenvalue weighted by Crippen LogP contribution is 2.30. The lowest BCUT2D eigenvalue weighted by Crippen LogP contribution is -2.23. The number of para-hydroxylation sites is 1. The highest BCUT2D eigenvalue weighted by atomic mass is 32.2. The Kier molecular flexibility index (Phi) is 6.68. The van der Waals surface area contributed by atoms with Gasteiger partial charge in [0, 0.05) is 48.0 Å². The highest BCUT2D eigenvalue weighted by Gasteiger charge is 2.17. The van der Waals surface area contributed by atoms with Crippen LogP contribution in [0.2, 0.25) is 0 Å². The van der Waals surface area contributed by atoms with Crippen LogP contribution in [0.5, 0.6) is 0 Å².